The molecule has 2 aromatic carbocycles. The zero-order valence-electron chi connectivity index (χ0n) is 23.7. The van der Waals surface area contributed by atoms with E-state index in [2.05, 4.69) is 10.2 Å². The molecule has 0 unspecified atom stereocenters. The number of alkyl halides is 3. The van der Waals surface area contributed by atoms with Crippen LogP contribution in [-0.2, 0) is 27.8 Å². The van der Waals surface area contributed by atoms with Gasteiger partial charge in [-0.15, -0.1) is 0 Å². The van der Waals surface area contributed by atoms with Crippen molar-refractivity contribution in [3.05, 3.63) is 53.6 Å². The van der Waals surface area contributed by atoms with Crippen LogP contribution in [0.2, 0.25) is 0 Å². The van der Waals surface area contributed by atoms with E-state index in [1.165, 1.54) is 20.2 Å². The van der Waals surface area contributed by atoms with E-state index in [0.717, 1.165) is 28.5 Å². The molecule has 2 aliphatic heterocycles. The number of carbonyl (C=O) groups excluding carboxylic acids is 1. The SMILES string of the molecule is CN1CCN(c2cccc(OCC(=O)NC[C@H](CN3CCc4ccccc4C3)C(F)(F)F)c2S(=O)(=O)N(C)C)CC1. The van der Waals surface area contributed by atoms with Gasteiger partial charge in [-0.1, -0.05) is 30.3 Å². The average molecular weight is 598 g/mol. The second-order valence-corrected chi connectivity index (χ2v) is 12.9. The van der Waals surface area contributed by atoms with Crippen molar-refractivity contribution in [2.75, 3.05) is 78.5 Å². The van der Waals surface area contributed by atoms with Crippen molar-refractivity contribution in [2.45, 2.75) is 24.0 Å². The highest BCUT2D eigenvalue weighted by molar-refractivity contribution is 7.89. The van der Waals surface area contributed by atoms with Crippen LogP contribution in [0.25, 0.3) is 0 Å². The molecule has 4 rings (SSSR count). The molecule has 2 aliphatic rings. The lowest BCUT2D eigenvalue weighted by atomic mass is 9.98. The number of sulfonamides is 1. The molecule has 1 amide bonds. The molecule has 41 heavy (non-hydrogen) atoms. The summed E-state index contributed by atoms with van der Waals surface area (Å²) in [6.07, 6.45) is -3.83. The van der Waals surface area contributed by atoms with E-state index < -0.39 is 41.2 Å². The number of anilines is 1. The van der Waals surface area contributed by atoms with Crippen molar-refractivity contribution < 1.29 is 31.1 Å². The number of amides is 1. The summed E-state index contributed by atoms with van der Waals surface area (Å²) in [5.74, 6) is -2.55. The van der Waals surface area contributed by atoms with Crippen molar-refractivity contribution in [3.63, 3.8) is 0 Å². The van der Waals surface area contributed by atoms with Crippen LogP contribution in [-0.4, -0.2) is 108 Å². The minimum Gasteiger partial charge on any atom is -0.482 e. The Balaban J connectivity index is 1.42. The summed E-state index contributed by atoms with van der Waals surface area (Å²) in [5, 5.41) is 2.35. The maximum absolute atomic E-state index is 13.9. The van der Waals surface area contributed by atoms with Crippen LogP contribution in [0.4, 0.5) is 18.9 Å². The van der Waals surface area contributed by atoms with Gasteiger partial charge in [-0.3, -0.25) is 9.69 Å². The van der Waals surface area contributed by atoms with Gasteiger partial charge in [0.05, 0.1) is 11.6 Å². The molecule has 0 radical (unpaired) electrons. The topological polar surface area (TPSA) is 85.4 Å². The van der Waals surface area contributed by atoms with Gasteiger partial charge in [-0.25, -0.2) is 12.7 Å². The Kier molecular flexibility index (Phi) is 9.83. The van der Waals surface area contributed by atoms with Crippen molar-refractivity contribution in [1.82, 2.24) is 19.4 Å². The minimum absolute atomic E-state index is 0.0235. The molecule has 13 heteroatoms. The summed E-state index contributed by atoms with van der Waals surface area (Å²) in [6, 6.07) is 12.5. The largest absolute Gasteiger partial charge is 0.482 e. The van der Waals surface area contributed by atoms with Crippen molar-refractivity contribution in [3.8, 4) is 5.75 Å². The van der Waals surface area contributed by atoms with E-state index in [1.807, 2.05) is 36.2 Å². The van der Waals surface area contributed by atoms with Gasteiger partial charge in [0, 0.05) is 66.5 Å². The lowest BCUT2D eigenvalue weighted by molar-refractivity contribution is -0.178. The molecular weight excluding hydrogens is 559 g/mol. The van der Waals surface area contributed by atoms with E-state index >= 15 is 0 Å². The standard InChI is InChI=1S/C28H38F3N5O4S/c1-33(2)41(38,39)27-24(36-15-13-34(3)14-16-36)9-6-10-25(27)40-20-26(37)32-17-23(28(29,30)31)19-35-12-11-21-7-4-5-8-22(21)18-35/h4-10,23H,11-20H2,1-3H3,(H,32,37)/t23-/m1/s1. The predicted molar refractivity (Wildman–Crippen MR) is 150 cm³/mol. The van der Waals surface area contributed by atoms with E-state index in [4.69, 9.17) is 4.74 Å². The Morgan fingerprint density at radius 1 is 1.02 bits per heavy atom. The summed E-state index contributed by atoms with van der Waals surface area (Å²) in [6.45, 7) is 2.18. The third-order valence-corrected chi connectivity index (χ3v) is 9.48. The van der Waals surface area contributed by atoms with E-state index in [9.17, 15) is 26.4 Å². The van der Waals surface area contributed by atoms with Gasteiger partial charge in [0.1, 0.15) is 10.6 Å². The fourth-order valence-corrected chi connectivity index (χ4v) is 6.30. The maximum atomic E-state index is 13.9. The Morgan fingerprint density at radius 2 is 1.71 bits per heavy atom. The lowest BCUT2D eigenvalue weighted by Gasteiger charge is -2.35. The normalized spacial score (nSPS) is 17.8. The van der Waals surface area contributed by atoms with E-state index in [-0.39, 0.29) is 17.2 Å². The van der Waals surface area contributed by atoms with Gasteiger partial charge in [0.2, 0.25) is 10.0 Å². The van der Waals surface area contributed by atoms with Gasteiger partial charge >= 0.3 is 6.18 Å². The molecule has 0 aliphatic carbocycles. The molecule has 226 valence electrons. The van der Waals surface area contributed by atoms with E-state index in [0.29, 0.717) is 38.3 Å². The Bertz CT molecular complexity index is 1310. The van der Waals surface area contributed by atoms with Crippen LogP contribution in [0.5, 0.6) is 5.75 Å². The number of nitrogens with one attached hydrogen (secondary N) is 1. The maximum Gasteiger partial charge on any atom is 0.394 e. The monoisotopic (exact) mass is 597 g/mol. The number of nitrogens with zero attached hydrogens (tertiary/aromatic N) is 4. The Labute approximate surface area is 239 Å². The number of rotatable bonds is 10. The number of carbonyl (C=O) groups is 1. The second kappa shape index (κ2) is 13.0. The first-order chi connectivity index (χ1) is 19.4. The number of piperazine rings is 1. The van der Waals surface area contributed by atoms with E-state index in [1.54, 1.807) is 17.0 Å². The van der Waals surface area contributed by atoms with Crippen LogP contribution < -0.4 is 15.0 Å². The Morgan fingerprint density at radius 3 is 2.37 bits per heavy atom. The van der Waals surface area contributed by atoms with Crippen LogP contribution in [0.3, 0.4) is 0 Å². The van der Waals surface area contributed by atoms with Crippen LogP contribution in [0.1, 0.15) is 11.1 Å². The highest BCUT2D eigenvalue weighted by Crippen LogP contribution is 2.36. The molecule has 2 heterocycles. The van der Waals surface area contributed by atoms with Gasteiger partial charge in [-0.05, 0) is 36.7 Å². The molecule has 9 nitrogen and oxygen atoms in total. The second-order valence-electron chi connectivity index (χ2n) is 10.8. The highest BCUT2D eigenvalue weighted by atomic mass is 32.2. The number of hydrogen-bond acceptors (Lipinski definition) is 7. The zero-order valence-corrected chi connectivity index (χ0v) is 24.5. The van der Waals surface area contributed by atoms with Gasteiger partial charge in [0.15, 0.2) is 6.61 Å². The number of fused-ring (bicyclic) bond motifs is 1. The smallest absolute Gasteiger partial charge is 0.394 e. The summed E-state index contributed by atoms with van der Waals surface area (Å²) >= 11 is 0. The van der Waals surface area contributed by atoms with Crippen LogP contribution >= 0.6 is 0 Å². The molecule has 1 saturated heterocycles. The average Bonchev–Trinajstić information content (AvgIpc) is 2.93. The third kappa shape index (κ3) is 7.70. The molecule has 1 fully saturated rings. The number of ether oxygens (including phenoxy) is 1. The quantitative estimate of drug-likeness (QED) is 0.451. The number of benzene rings is 2. The first kappa shape index (κ1) is 31.1. The molecule has 0 bridgehead atoms. The minimum atomic E-state index is -4.51. The summed E-state index contributed by atoms with van der Waals surface area (Å²) in [5.41, 5.74) is 2.62. The number of likely N-dealkylation sites (N-methyl/N-ethyl adjacent to an activating group) is 1. The van der Waals surface area contributed by atoms with Crippen molar-refractivity contribution in [1.29, 1.82) is 0 Å². The number of halogens is 3. The van der Waals surface area contributed by atoms with Gasteiger partial charge < -0.3 is 19.9 Å². The summed E-state index contributed by atoms with van der Waals surface area (Å²) in [7, 11) is 0.838. The van der Waals surface area contributed by atoms with Crippen LogP contribution in [0.15, 0.2) is 47.4 Å². The highest BCUT2D eigenvalue weighted by Gasteiger charge is 2.41. The first-order valence-electron chi connectivity index (χ1n) is 13.6. The summed E-state index contributed by atoms with van der Waals surface area (Å²) < 4.78 is 75.0. The number of hydrogen-bond donors (Lipinski definition) is 1. The molecule has 0 spiro atoms. The molecule has 2 aromatic rings. The third-order valence-electron chi connectivity index (χ3n) is 7.60. The van der Waals surface area contributed by atoms with Gasteiger partial charge in [0.25, 0.3) is 5.91 Å². The predicted octanol–water partition coefficient (Wildman–Crippen LogP) is 2.42. The Hall–Kier alpha value is -2.87. The fraction of sp³-hybridized carbons (Fsp3) is 0.536. The summed E-state index contributed by atoms with van der Waals surface area (Å²) in [4.78, 5) is 18.4. The van der Waals surface area contributed by atoms with Gasteiger partial charge in [-0.2, -0.15) is 13.2 Å². The molecule has 1 atom stereocenters. The molecule has 1 N–H and O–H groups in total. The van der Waals surface area contributed by atoms with Crippen molar-refractivity contribution >= 4 is 21.6 Å². The first-order valence-corrected chi connectivity index (χ1v) is 15.0. The zero-order chi connectivity index (χ0) is 29.8. The molecule has 0 aromatic heterocycles. The molecular formula is C28H38F3N5O4S. The van der Waals surface area contributed by atoms with Crippen molar-refractivity contribution in [2.24, 2.45) is 5.92 Å². The fourth-order valence-electron chi connectivity index (χ4n) is 5.09. The molecule has 0 saturated carbocycles. The lowest BCUT2D eigenvalue weighted by Crippen LogP contribution is -2.45. The van der Waals surface area contributed by atoms with Crippen LogP contribution in [0, 0.1) is 5.92 Å².